The van der Waals surface area contributed by atoms with Crippen molar-refractivity contribution in [1.29, 1.82) is 0 Å². The van der Waals surface area contributed by atoms with Gasteiger partial charge in [-0.3, -0.25) is 32.5 Å². The average molecular weight is 1920 g/mol. The lowest BCUT2D eigenvalue weighted by Gasteiger charge is -2.21. The zero-order chi connectivity index (χ0) is 97.8. The van der Waals surface area contributed by atoms with Crippen LogP contribution >= 0.6 is 15.6 Å². The summed E-state index contributed by atoms with van der Waals surface area (Å²) in [6.45, 7) is 2.43. The predicted octanol–water partition coefficient (Wildman–Crippen LogP) is 35.2. The van der Waals surface area contributed by atoms with Crippen molar-refractivity contribution in [1.82, 2.24) is 0 Å². The maximum atomic E-state index is 13.2. The van der Waals surface area contributed by atoms with Gasteiger partial charge in [0, 0.05) is 19.3 Å². The van der Waals surface area contributed by atoms with Gasteiger partial charge in [0.2, 0.25) is 0 Å². The van der Waals surface area contributed by atoms with Crippen LogP contribution in [0.2, 0.25) is 0 Å². The van der Waals surface area contributed by atoms with Crippen LogP contribution in [0, 0.1) is 0 Å². The molecule has 0 fully saturated rings. The van der Waals surface area contributed by atoms with Gasteiger partial charge in [0.1, 0.15) is 25.4 Å². The Bertz CT molecular complexity index is 3240. The molecule has 0 bridgehead atoms. The van der Waals surface area contributed by atoms with Crippen molar-refractivity contribution in [3.05, 3.63) is 194 Å². The minimum atomic E-state index is -4.95. The number of unbranched alkanes of at least 4 members (excludes halogenated alkanes) is 48. The summed E-state index contributed by atoms with van der Waals surface area (Å²) in [5.41, 5.74) is 0. The van der Waals surface area contributed by atoms with Gasteiger partial charge < -0.3 is 34.2 Å². The van der Waals surface area contributed by atoms with E-state index in [-0.39, 0.29) is 19.3 Å². The van der Waals surface area contributed by atoms with Crippen molar-refractivity contribution in [3.63, 3.8) is 0 Å². The second-order valence-electron chi connectivity index (χ2n) is 36.3. The number of carbonyl (C=O) groups is 3. The molecule has 0 radical (unpaired) electrons. The zero-order valence-corrected chi connectivity index (χ0v) is 87.8. The number of aliphatic hydroxyl groups is 2. The Balaban J connectivity index is 4.60. The lowest BCUT2D eigenvalue weighted by molar-refractivity contribution is -0.161. The van der Waals surface area contributed by atoms with Gasteiger partial charge in [-0.25, -0.2) is 9.13 Å². The lowest BCUT2D eigenvalue weighted by Crippen LogP contribution is -2.30. The summed E-state index contributed by atoms with van der Waals surface area (Å²) >= 11 is 0. The highest BCUT2D eigenvalue weighted by molar-refractivity contribution is 7.47. The number of phosphoric ester groups is 2. The summed E-state index contributed by atoms with van der Waals surface area (Å²) < 4.78 is 61.8. The van der Waals surface area contributed by atoms with Crippen LogP contribution < -0.4 is 0 Å². The van der Waals surface area contributed by atoms with Gasteiger partial charge >= 0.3 is 33.6 Å². The smallest absolute Gasteiger partial charge is 0.463 e. The van der Waals surface area contributed by atoms with Crippen molar-refractivity contribution in [2.24, 2.45) is 0 Å². The molecule has 0 aromatic heterocycles. The van der Waals surface area contributed by atoms with Crippen molar-refractivity contribution in [3.8, 4) is 0 Å². The van der Waals surface area contributed by atoms with E-state index in [1.165, 1.54) is 238 Å². The fourth-order valence-electron chi connectivity index (χ4n) is 15.2. The molecule has 0 aromatic carbocycles. The maximum Gasteiger partial charge on any atom is 0.472 e. The Kier molecular flexibility index (Phi) is 103. The summed E-state index contributed by atoms with van der Waals surface area (Å²) in [5.74, 6) is -1.56. The molecular weight excluding hydrogens is 1720 g/mol. The Hall–Kier alpha value is -5.61. The number of aliphatic hydroxyl groups excluding tert-OH is 2. The number of hydrogen-bond acceptors (Lipinski definition) is 14. The normalized spacial score (nSPS) is 14.3. The third-order valence-corrected chi connectivity index (χ3v) is 25.2. The third-order valence-electron chi connectivity index (χ3n) is 23.3. The van der Waals surface area contributed by atoms with Gasteiger partial charge in [0.25, 0.3) is 0 Å². The van der Waals surface area contributed by atoms with E-state index in [0.29, 0.717) is 19.3 Å². The van der Waals surface area contributed by atoms with Gasteiger partial charge in [-0.2, -0.15) is 0 Å². The summed E-state index contributed by atoms with van der Waals surface area (Å²) in [6, 6.07) is 0. The van der Waals surface area contributed by atoms with Gasteiger partial charge in [0.15, 0.2) is 6.10 Å². The summed E-state index contributed by atoms with van der Waals surface area (Å²) in [7, 11) is -9.82. The molecule has 0 saturated carbocycles. The highest BCUT2D eigenvalue weighted by atomic mass is 31.2. The highest BCUT2D eigenvalue weighted by Crippen LogP contribution is 2.45. The molecule has 0 heterocycles. The Morgan fingerprint density at radius 1 is 0.207 bits per heavy atom. The minimum Gasteiger partial charge on any atom is -0.463 e. The second-order valence-corrected chi connectivity index (χ2v) is 39.2. The molecule has 0 saturated heterocycles. The molecule has 18 heteroatoms. The monoisotopic (exact) mass is 1920 g/mol. The van der Waals surface area contributed by atoms with Crippen LogP contribution in [0.25, 0.3) is 0 Å². The summed E-state index contributed by atoms with van der Waals surface area (Å²) in [4.78, 5) is 59.3. The van der Waals surface area contributed by atoms with E-state index >= 15 is 0 Å². The maximum absolute atomic E-state index is 13.2. The van der Waals surface area contributed by atoms with Crippen molar-refractivity contribution >= 4 is 33.6 Å². The van der Waals surface area contributed by atoms with Crippen LogP contribution in [-0.4, -0.2) is 95.9 Å². The minimum absolute atomic E-state index is 0.0986. The Morgan fingerprint density at radius 2 is 0.370 bits per heavy atom. The van der Waals surface area contributed by atoms with Crippen LogP contribution in [0.3, 0.4) is 0 Å². The number of esters is 3. The fourth-order valence-corrected chi connectivity index (χ4v) is 16.8. The molecular formula is C117H200O16P2. The van der Waals surface area contributed by atoms with E-state index < -0.39 is 91.5 Å². The largest absolute Gasteiger partial charge is 0.472 e. The molecule has 16 nitrogen and oxygen atoms in total. The van der Waals surface area contributed by atoms with Crippen molar-refractivity contribution in [2.75, 3.05) is 39.6 Å². The predicted molar refractivity (Wildman–Crippen MR) is 574 cm³/mol. The van der Waals surface area contributed by atoms with Crippen LogP contribution in [0.5, 0.6) is 0 Å². The quantitative estimate of drug-likeness (QED) is 0.0146. The number of allylic oxidation sites excluding steroid dienone is 32. The number of carbonyl (C=O) groups excluding carboxylic acids is 3. The van der Waals surface area contributed by atoms with Crippen molar-refractivity contribution < 1.29 is 75.8 Å². The van der Waals surface area contributed by atoms with Crippen LogP contribution in [0.1, 0.15) is 470 Å². The molecule has 0 aromatic rings. The van der Waals surface area contributed by atoms with Gasteiger partial charge in [-0.05, 0) is 161 Å². The average Bonchev–Trinajstić information content (AvgIpc) is 0.895. The summed E-state index contributed by atoms with van der Waals surface area (Å²) in [5, 5.41) is 20.8. The van der Waals surface area contributed by atoms with E-state index in [0.717, 1.165) is 173 Å². The molecule has 0 rings (SSSR count). The summed E-state index contributed by atoms with van der Waals surface area (Å²) in [6.07, 6.45) is 145. The zero-order valence-electron chi connectivity index (χ0n) is 86.0. The Morgan fingerprint density at radius 3 is 0.585 bits per heavy atom. The molecule has 774 valence electrons. The lowest BCUT2D eigenvalue weighted by atomic mass is 10.0. The van der Waals surface area contributed by atoms with E-state index in [2.05, 4.69) is 215 Å². The van der Waals surface area contributed by atoms with Gasteiger partial charge in [-0.1, -0.05) is 485 Å². The number of phosphoric acid groups is 2. The van der Waals surface area contributed by atoms with E-state index in [1.54, 1.807) is 0 Å². The standard InChI is InChI=1S/C117H200O16P2/c1-4-7-10-13-16-19-22-25-28-31-34-37-40-43-46-49-52-54-55-57-60-61-64-67-70-73-76-79-82-85-88-91-94-97-100-103-115(120)127-106-112(118)107-129-134(123,124)130-108-113(119)109-131-135(125,126)132-111-114(133-117(122)105-102-99-96-93-90-87-84-81-78-75-72-69-66-63-58-51-48-45-42-39-36-33-30-27-24-21-18-15-12-9-6-3)110-128-116(121)104-101-98-95-92-89-86-83-80-77-74-71-68-65-62-59-56-53-50-47-44-41-38-35-32-29-26-23-20-17-14-11-8-5-2/h7-12,16-21,25-30,34-39,43-48,58,63,112-114,118-119H,4-6,13-15,22-24,31-33,40-42,49-57,59-62,64-111H2,1-3H3,(H,123,124)(H,125,126)/b10-7-,11-8-,12-9-,19-16-,20-17-,21-18-,28-25-,29-26-,30-27-,37-34-,38-35-,39-36-,46-43-,47-44-,48-45-,63-58-. The molecule has 5 atom stereocenters. The van der Waals surface area contributed by atoms with Crippen LogP contribution in [0.4, 0.5) is 0 Å². The van der Waals surface area contributed by atoms with E-state index in [4.69, 9.17) is 32.3 Å². The van der Waals surface area contributed by atoms with Gasteiger partial charge in [-0.15, -0.1) is 0 Å². The first kappa shape index (κ1) is 129. The molecule has 4 N–H and O–H groups in total. The fraction of sp³-hybridized carbons (Fsp3) is 0.701. The molecule has 0 aliphatic heterocycles. The van der Waals surface area contributed by atoms with E-state index in [9.17, 15) is 43.5 Å². The van der Waals surface area contributed by atoms with Crippen molar-refractivity contribution in [2.45, 2.75) is 489 Å². The SMILES string of the molecule is CC/C=C\C/C=C\C/C=C\C/C=C\C/C=C\C/C=C\CCCCCCCCCCCCCCC(=O)OC(COC(=O)CCCCCCCCCCCCCCCCCCC/C=C\C/C=C\C/C=C\C/C=C\C/C=C\CC)COP(=O)(O)OCC(O)COP(=O)(O)OCC(O)COC(=O)CCCCCCCCCCCCCCCCCCCCC/C=C\C/C=C\C/C=C\C/C=C\C/C=C\CC. The van der Waals surface area contributed by atoms with E-state index in [1.807, 2.05) is 0 Å². The highest BCUT2D eigenvalue weighted by Gasteiger charge is 2.30. The number of rotatable bonds is 103. The first-order chi connectivity index (χ1) is 66.2. The second kappa shape index (κ2) is 107. The molecule has 135 heavy (non-hydrogen) atoms. The first-order valence-electron chi connectivity index (χ1n) is 54.7. The molecule has 0 aliphatic carbocycles. The molecule has 0 spiro atoms. The molecule has 0 aliphatic rings. The molecule has 0 amide bonds. The van der Waals surface area contributed by atoms with Gasteiger partial charge in [0.05, 0.1) is 26.4 Å². The molecule has 5 unspecified atom stereocenters. The first-order valence-corrected chi connectivity index (χ1v) is 57.7. The number of ether oxygens (including phenoxy) is 3. The Labute approximate surface area is 827 Å². The third kappa shape index (κ3) is 109. The topological polar surface area (TPSA) is 231 Å². The van der Waals surface area contributed by atoms with Crippen LogP contribution in [0.15, 0.2) is 194 Å². The van der Waals surface area contributed by atoms with Crippen LogP contribution in [-0.2, 0) is 55.8 Å². The number of hydrogen-bond donors (Lipinski definition) is 4.